The van der Waals surface area contributed by atoms with Crippen molar-refractivity contribution >= 4 is 5.78 Å². The highest BCUT2D eigenvalue weighted by Crippen LogP contribution is 2.25. The third kappa shape index (κ3) is 5.59. The Bertz CT molecular complexity index is 852. The van der Waals surface area contributed by atoms with Crippen LogP contribution in [0.1, 0.15) is 64.7 Å². The number of Topliss-reactive ketones (excluding diaryl/α,β-unsaturated/α-hetero) is 1. The minimum atomic E-state index is 0.326. The number of hydrogen-bond donors (Lipinski definition) is 1. The molecular weight excluding hydrogens is 368 g/mol. The Labute approximate surface area is 181 Å². The maximum Gasteiger partial charge on any atom is 0.162 e. The summed E-state index contributed by atoms with van der Waals surface area (Å²) in [6.07, 6.45) is 7.57. The molecule has 1 N–H and O–H groups in total. The predicted molar refractivity (Wildman–Crippen MR) is 124 cm³/mol. The first-order valence-electron chi connectivity index (χ1n) is 11.8. The molecule has 1 saturated heterocycles. The number of nitrogens with zero attached hydrogens (tertiary/aromatic N) is 1. The minimum Gasteiger partial charge on any atom is -0.316 e. The second kappa shape index (κ2) is 10.4. The normalized spacial score (nSPS) is 18.0. The number of piperidine rings is 1. The lowest BCUT2D eigenvalue weighted by atomic mass is 9.90. The number of carbonyl (C=O) groups is 1. The van der Waals surface area contributed by atoms with Gasteiger partial charge in [-0.2, -0.15) is 0 Å². The van der Waals surface area contributed by atoms with Crippen molar-refractivity contribution < 1.29 is 4.79 Å². The maximum absolute atomic E-state index is 12.7. The Hall–Kier alpha value is -1.97. The molecule has 160 valence electrons. The second-order valence-corrected chi connectivity index (χ2v) is 9.19. The van der Waals surface area contributed by atoms with Gasteiger partial charge >= 0.3 is 0 Å². The number of likely N-dealkylation sites (tertiary alicyclic amines) is 1. The van der Waals surface area contributed by atoms with E-state index in [1.165, 1.54) is 54.6 Å². The summed E-state index contributed by atoms with van der Waals surface area (Å²) >= 11 is 0. The first kappa shape index (κ1) is 21.3. The number of fused-ring (bicyclic) bond motifs is 1. The molecule has 3 heteroatoms. The molecule has 0 atom stereocenters. The first-order valence-corrected chi connectivity index (χ1v) is 11.8. The lowest BCUT2D eigenvalue weighted by molar-refractivity contribution is 0.0974. The van der Waals surface area contributed by atoms with E-state index in [1.807, 2.05) is 0 Å². The van der Waals surface area contributed by atoms with Gasteiger partial charge in [-0.3, -0.25) is 9.69 Å². The van der Waals surface area contributed by atoms with Crippen LogP contribution in [0, 0.1) is 12.8 Å². The number of aryl methyl sites for hydroxylation is 1. The lowest BCUT2D eigenvalue weighted by Crippen LogP contribution is -2.33. The zero-order valence-corrected chi connectivity index (χ0v) is 18.5. The topological polar surface area (TPSA) is 32.3 Å². The van der Waals surface area contributed by atoms with Crippen molar-refractivity contribution in [3.63, 3.8) is 0 Å². The maximum atomic E-state index is 12.7. The summed E-state index contributed by atoms with van der Waals surface area (Å²) in [4.78, 5) is 15.3. The van der Waals surface area contributed by atoms with Gasteiger partial charge in [-0.25, -0.2) is 0 Å². The Morgan fingerprint density at radius 3 is 2.60 bits per heavy atom. The van der Waals surface area contributed by atoms with E-state index in [0.717, 1.165) is 50.4 Å². The van der Waals surface area contributed by atoms with E-state index < -0.39 is 0 Å². The Morgan fingerprint density at radius 2 is 1.80 bits per heavy atom. The fraction of sp³-hybridized carbons (Fsp3) is 0.519. The lowest BCUT2D eigenvalue weighted by Gasteiger charge is -2.32. The number of carbonyl (C=O) groups excluding carboxylic acids is 1. The molecule has 2 heterocycles. The number of rotatable bonds is 7. The molecule has 30 heavy (non-hydrogen) atoms. The van der Waals surface area contributed by atoms with E-state index in [4.69, 9.17) is 0 Å². The smallest absolute Gasteiger partial charge is 0.162 e. The van der Waals surface area contributed by atoms with Crippen LogP contribution >= 0.6 is 0 Å². The van der Waals surface area contributed by atoms with Gasteiger partial charge in [0, 0.05) is 18.5 Å². The largest absolute Gasteiger partial charge is 0.316 e. The van der Waals surface area contributed by atoms with Gasteiger partial charge in [0.1, 0.15) is 0 Å². The molecule has 0 radical (unpaired) electrons. The molecule has 2 aliphatic heterocycles. The van der Waals surface area contributed by atoms with Gasteiger partial charge in [0.15, 0.2) is 5.78 Å². The summed E-state index contributed by atoms with van der Waals surface area (Å²) in [7, 11) is 0. The highest BCUT2D eigenvalue weighted by Gasteiger charge is 2.20. The zero-order chi connectivity index (χ0) is 20.8. The molecule has 2 aromatic carbocycles. The van der Waals surface area contributed by atoms with Gasteiger partial charge < -0.3 is 5.32 Å². The first-order chi connectivity index (χ1) is 14.7. The van der Waals surface area contributed by atoms with Gasteiger partial charge in [0.2, 0.25) is 0 Å². The number of hydrogen-bond acceptors (Lipinski definition) is 3. The van der Waals surface area contributed by atoms with Gasteiger partial charge in [0.05, 0.1) is 0 Å². The van der Waals surface area contributed by atoms with E-state index in [2.05, 4.69) is 59.6 Å². The second-order valence-electron chi connectivity index (χ2n) is 9.19. The standard InChI is InChI=1S/C27H36N2O/c1-21-5-2-3-7-26(21)20-29-17-13-22(14-18-29)6-4-8-27(30)25-10-9-23-11-15-28-16-12-24(23)19-25/h2-3,5,7,9-10,19,22,28H,4,6,8,11-18,20H2,1H3. The van der Waals surface area contributed by atoms with E-state index in [9.17, 15) is 4.79 Å². The van der Waals surface area contributed by atoms with Gasteiger partial charge in [0.25, 0.3) is 0 Å². The highest BCUT2D eigenvalue weighted by atomic mass is 16.1. The van der Waals surface area contributed by atoms with E-state index in [-0.39, 0.29) is 0 Å². The molecular formula is C27H36N2O. The van der Waals surface area contributed by atoms with Crippen LogP contribution in [0.3, 0.4) is 0 Å². The molecule has 0 aromatic heterocycles. The molecule has 2 aromatic rings. The van der Waals surface area contributed by atoms with E-state index >= 15 is 0 Å². The molecule has 2 aliphatic rings. The summed E-state index contributed by atoms with van der Waals surface area (Å²) in [6.45, 7) is 7.72. The Kier molecular flexibility index (Phi) is 7.35. The van der Waals surface area contributed by atoms with Crippen LogP contribution in [0.15, 0.2) is 42.5 Å². The van der Waals surface area contributed by atoms with Gasteiger partial charge in [-0.15, -0.1) is 0 Å². The summed E-state index contributed by atoms with van der Waals surface area (Å²) in [5.74, 6) is 1.11. The van der Waals surface area contributed by atoms with Crippen LogP contribution in [-0.4, -0.2) is 36.9 Å². The third-order valence-electron chi connectivity index (χ3n) is 7.05. The molecule has 0 saturated carbocycles. The summed E-state index contributed by atoms with van der Waals surface area (Å²) < 4.78 is 0. The zero-order valence-electron chi connectivity index (χ0n) is 18.5. The van der Waals surface area contributed by atoms with Crippen LogP contribution in [0.25, 0.3) is 0 Å². The van der Waals surface area contributed by atoms with E-state index in [1.54, 1.807) is 0 Å². The van der Waals surface area contributed by atoms with Crippen molar-refractivity contribution in [1.29, 1.82) is 0 Å². The number of benzene rings is 2. The van der Waals surface area contributed by atoms with Crippen LogP contribution in [0.4, 0.5) is 0 Å². The Balaban J connectivity index is 1.19. The fourth-order valence-electron chi connectivity index (χ4n) is 5.00. The third-order valence-corrected chi connectivity index (χ3v) is 7.05. The fourth-order valence-corrected chi connectivity index (χ4v) is 5.00. The molecule has 0 bridgehead atoms. The predicted octanol–water partition coefficient (Wildman–Crippen LogP) is 4.95. The molecule has 3 nitrogen and oxygen atoms in total. The van der Waals surface area contributed by atoms with Gasteiger partial charge in [-0.1, -0.05) is 36.4 Å². The van der Waals surface area contributed by atoms with Crippen molar-refractivity contribution in [3.8, 4) is 0 Å². The molecule has 4 rings (SSSR count). The molecule has 0 spiro atoms. The van der Waals surface area contributed by atoms with Crippen molar-refractivity contribution in [2.45, 2.75) is 58.4 Å². The van der Waals surface area contributed by atoms with Crippen molar-refractivity contribution in [2.24, 2.45) is 5.92 Å². The van der Waals surface area contributed by atoms with Crippen LogP contribution in [0.5, 0.6) is 0 Å². The molecule has 0 aliphatic carbocycles. The Morgan fingerprint density at radius 1 is 1.03 bits per heavy atom. The minimum absolute atomic E-state index is 0.326. The SMILES string of the molecule is Cc1ccccc1CN1CCC(CCCC(=O)c2ccc3c(c2)CCNCC3)CC1. The van der Waals surface area contributed by atoms with E-state index in [0.29, 0.717) is 12.2 Å². The molecule has 0 unspecified atom stereocenters. The monoisotopic (exact) mass is 404 g/mol. The van der Waals surface area contributed by atoms with Crippen molar-refractivity contribution in [3.05, 3.63) is 70.3 Å². The average Bonchev–Trinajstić information content (AvgIpc) is 3.01. The van der Waals surface area contributed by atoms with Gasteiger partial charge in [-0.05, 0) is 106 Å². The molecule has 0 amide bonds. The summed E-state index contributed by atoms with van der Waals surface area (Å²) in [6, 6.07) is 15.1. The highest BCUT2D eigenvalue weighted by molar-refractivity contribution is 5.96. The summed E-state index contributed by atoms with van der Waals surface area (Å²) in [5, 5.41) is 3.44. The molecule has 1 fully saturated rings. The van der Waals surface area contributed by atoms with Crippen LogP contribution in [0.2, 0.25) is 0 Å². The quantitative estimate of drug-likeness (QED) is 0.663. The number of nitrogens with one attached hydrogen (secondary N) is 1. The summed E-state index contributed by atoms with van der Waals surface area (Å²) in [5.41, 5.74) is 6.55. The van der Waals surface area contributed by atoms with Crippen molar-refractivity contribution in [1.82, 2.24) is 10.2 Å². The van der Waals surface area contributed by atoms with Crippen LogP contribution < -0.4 is 5.32 Å². The average molecular weight is 405 g/mol. The van der Waals surface area contributed by atoms with Crippen molar-refractivity contribution in [2.75, 3.05) is 26.2 Å². The van der Waals surface area contributed by atoms with Crippen LogP contribution in [-0.2, 0) is 19.4 Å². The number of ketones is 1.